The average Bonchev–Trinajstić information content (AvgIpc) is 2.97. The summed E-state index contributed by atoms with van der Waals surface area (Å²) in [7, 11) is 0. The Balaban J connectivity index is 1.77. The minimum atomic E-state index is 0.808. The summed E-state index contributed by atoms with van der Waals surface area (Å²) < 4.78 is 0. The molecule has 20 heavy (non-hydrogen) atoms. The van der Waals surface area contributed by atoms with Crippen molar-refractivity contribution in [2.45, 2.75) is 71.8 Å². The van der Waals surface area contributed by atoms with E-state index in [9.17, 15) is 0 Å². The van der Waals surface area contributed by atoms with Crippen LogP contribution in [0.5, 0.6) is 0 Å². The molecule has 2 rings (SSSR count). The van der Waals surface area contributed by atoms with Crippen molar-refractivity contribution in [1.82, 2.24) is 10.2 Å². The van der Waals surface area contributed by atoms with E-state index in [1.54, 1.807) is 0 Å². The van der Waals surface area contributed by atoms with Crippen molar-refractivity contribution in [3.05, 3.63) is 0 Å². The van der Waals surface area contributed by atoms with Crippen LogP contribution >= 0.6 is 0 Å². The summed E-state index contributed by atoms with van der Waals surface area (Å²) in [5.41, 5.74) is 0. The number of nitrogens with one attached hydrogen (secondary N) is 1. The maximum absolute atomic E-state index is 3.58. The Morgan fingerprint density at radius 1 is 1.05 bits per heavy atom. The second-order valence-electron chi connectivity index (χ2n) is 7.70. The van der Waals surface area contributed by atoms with Crippen LogP contribution in [-0.2, 0) is 0 Å². The molecule has 2 atom stereocenters. The van der Waals surface area contributed by atoms with Crippen LogP contribution in [0.4, 0.5) is 0 Å². The van der Waals surface area contributed by atoms with Gasteiger partial charge in [-0.05, 0) is 69.5 Å². The highest BCUT2D eigenvalue weighted by atomic mass is 15.2. The standard InChI is InChI=1S/C18H36N2/c1-15(2)14-20(18-8-4-5-9-18)12-10-16(3)17-7-6-11-19-13-17/h15-19H,4-14H2,1-3H3. The Bertz CT molecular complexity index is 252. The van der Waals surface area contributed by atoms with Crippen LogP contribution in [0.2, 0.25) is 0 Å². The maximum atomic E-state index is 3.58. The van der Waals surface area contributed by atoms with Gasteiger partial charge in [0.05, 0.1) is 0 Å². The lowest BCUT2D eigenvalue weighted by Crippen LogP contribution is -2.39. The van der Waals surface area contributed by atoms with Crippen molar-refractivity contribution >= 4 is 0 Å². The van der Waals surface area contributed by atoms with Gasteiger partial charge in [0.2, 0.25) is 0 Å². The maximum Gasteiger partial charge on any atom is 0.00953 e. The quantitative estimate of drug-likeness (QED) is 0.760. The van der Waals surface area contributed by atoms with Crippen molar-refractivity contribution < 1.29 is 0 Å². The van der Waals surface area contributed by atoms with Gasteiger partial charge in [-0.2, -0.15) is 0 Å². The average molecular weight is 280 g/mol. The highest BCUT2D eigenvalue weighted by Crippen LogP contribution is 2.27. The smallest absolute Gasteiger partial charge is 0.00953 e. The van der Waals surface area contributed by atoms with E-state index in [0.29, 0.717) is 0 Å². The SMILES string of the molecule is CC(C)CN(CCC(C)C1CCCNC1)C1CCCC1. The van der Waals surface area contributed by atoms with Crippen LogP contribution in [0.25, 0.3) is 0 Å². The van der Waals surface area contributed by atoms with Gasteiger partial charge in [0.15, 0.2) is 0 Å². The van der Waals surface area contributed by atoms with Crippen LogP contribution in [0, 0.1) is 17.8 Å². The van der Waals surface area contributed by atoms with Crippen molar-refractivity contribution in [2.75, 3.05) is 26.2 Å². The predicted molar refractivity (Wildman–Crippen MR) is 88.0 cm³/mol. The molecular formula is C18H36N2. The number of nitrogens with zero attached hydrogens (tertiary/aromatic N) is 1. The second kappa shape index (κ2) is 8.38. The third-order valence-electron chi connectivity index (χ3n) is 5.45. The number of hydrogen-bond donors (Lipinski definition) is 1. The van der Waals surface area contributed by atoms with Crippen LogP contribution in [0.1, 0.15) is 65.7 Å². The molecule has 1 N–H and O–H groups in total. The minimum Gasteiger partial charge on any atom is -0.316 e. The lowest BCUT2D eigenvalue weighted by molar-refractivity contribution is 0.152. The largest absolute Gasteiger partial charge is 0.316 e. The lowest BCUT2D eigenvalue weighted by Gasteiger charge is -2.34. The Hall–Kier alpha value is -0.0800. The molecule has 2 aliphatic rings. The number of piperidine rings is 1. The van der Waals surface area contributed by atoms with Crippen molar-refractivity contribution in [3.8, 4) is 0 Å². The molecule has 0 amide bonds. The van der Waals surface area contributed by atoms with E-state index in [1.165, 1.54) is 71.1 Å². The third kappa shape index (κ3) is 5.04. The van der Waals surface area contributed by atoms with E-state index in [4.69, 9.17) is 0 Å². The zero-order valence-corrected chi connectivity index (χ0v) is 14.0. The Kier molecular flexibility index (Phi) is 6.83. The molecule has 0 radical (unpaired) electrons. The van der Waals surface area contributed by atoms with Crippen molar-refractivity contribution in [2.24, 2.45) is 17.8 Å². The van der Waals surface area contributed by atoms with Crippen LogP contribution in [0.3, 0.4) is 0 Å². The fraction of sp³-hybridized carbons (Fsp3) is 1.00. The monoisotopic (exact) mass is 280 g/mol. The normalized spacial score (nSPS) is 26.6. The molecule has 2 fully saturated rings. The van der Waals surface area contributed by atoms with Crippen molar-refractivity contribution in [3.63, 3.8) is 0 Å². The first-order valence-corrected chi connectivity index (χ1v) is 9.11. The zero-order valence-electron chi connectivity index (χ0n) is 14.0. The van der Waals surface area contributed by atoms with Gasteiger partial charge in [-0.3, -0.25) is 0 Å². The summed E-state index contributed by atoms with van der Waals surface area (Å²) in [6.07, 6.45) is 10.0. The molecule has 1 aliphatic heterocycles. The zero-order chi connectivity index (χ0) is 14.4. The van der Waals surface area contributed by atoms with Gasteiger partial charge in [-0.15, -0.1) is 0 Å². The molecule has 118 valence electrons. The van der Waals surface area contributed by atoms with Gasteiger partial charge in [-0.25, -0.2) is 0 Å². The van der Waals surface area contributed by atoms with E-state index in [0.717, 1.165) is 23.8 Å². The molecule has 0 spiro atoms. The molecule has 2 unspecified atom stereocenters. The number of hydrogen-bond acceptors (Lipinski definition) is 2. The number of rotatable bonds is 7. The summed E-state index contributed by atoms with van der Waals surface area (Å²) in [4.78, 5) is 2.82. The van der Waals surface area contributed by atoms with E-state index >= 15 is 0 Å². The summed E-state index contributed by atoms with van der Waals surface area (Å²) in [6.45, 7) is 12.4. The lowest BCUT2D eigenvalue weighted by atomic mass is 9.85. The molecular weight excluding hydrogens is 244 g/mol. The molecule has 2 heteroatoms. The molecule has 0 aromatic heterocycles. The van der Waals surface area contributed by atoms with E-state index in [2.05, 4.69) is 31.0 Å². The predicted octanol–water partition coefficient (Wildman–Crippen LogP) is 3.91. The molecule has 1 heterocycles. The molecule has 2 nitrogen and oxygen atoms in total. The van der Waals surface area contributed by atoms with Crippen LogP contribution < -0.4 is 5.32 Å². The first-order chi connectivity index (χ1) is 9.66. The molecule has 0 aromatic rings. The fourth-order valence-corrected chi connectivity index (χ4v) is 4.13. The summed E-state index contributed by atoms with van der Waals surface area (Å²) in [5.74, 6) is 2.62. The van der Waals surface area contributed by atoms with Gasteiger partial charge in [0.1, 0.15) is 0 Å². The Morgan fingerprint density at radius 2 is 1.80 bits per heavy atom. The third-order valence-corrected chi connectivity index (χ3v) is 5.45. The Morgan fingerprint density at radius 3 is 2.40 bits per heavy atom. The van der Waals surface area contributed by atoms with Crippen LogP contribution in [0.15, 0.2) is 0 Å². The van der Waals surface area contributed by atoms with E-state index in [1.807, 2.05) is 0 Å². The summed E-state index contributed by atoms with van der Waals surface area (Å²) in [6, 6.07) is 0.897. The minimum absolute atomic E-state index is 0.808. The summed E-state index contributed by atoms with van der Waals surface area (Å²) in [5, 5.41) is 3.58. The second-order valence-corrected chi connectivity index (χ2v) is 7.70. The van der Waals surface area contributed by atoms with Gasteiger partial charge in [0, 0.05) is 12.6 Å². The molecule has 1 saturated carbocycles. The van der Waals surface area contributed by atoms with Gasteiger partial charge in [0.25, 0.3) is 0 Å². The fourth-order valence-electron chi connectivity index (χ4n) is 4.13. The van der Waals surface area contributed by atoms with Gasteiger partial charge in [-0.1, -0.05) is 33.6 Å². The van der Waals surface area contributed by atoms with Gasteiger partial charge >= 0.3 is 0 Å². The van der Waals surface area contributed by atoms with E-state index in [-0.39, 0.29) is 0 Å². The molecule has 0 aromatic carbocycles. The Labute approximate surface area is 126 Å². The molecule has 1 aliphatic carbocycles. The first-order valence-electron chi connectivity index (χ1n) is 9.11. The first kappa shape index (κ1) is 16.3. The highest BCUT2D eigenvalue weighted by molar-refractivity contribution is 4.80. The highest BCUT2D eigenvalue weighted by Gasteiger charge is 2.25. The van der Waals surface area contributed by atoms with Gasteiger partial charge < -0.3 is 10.2 Å². The topological polar surface area (TPSA) is 15.3 Å². The molecule has 0 bridgehead atoms. The molecule has 1 saturated heterocycles. The van der Waals surface area contributed by atoms with E-state index < -0.39 is 0 Å². The van der Waals surface area contributed by atoms with Crippen molar-refractivity contribution in [1.29, 1.82) is 0 Å². The summed E-state index contributed by atoms with van der Waals surface area (Å²) >= 11 is 0. The van der Waals surface area contributed by atoms with Crippen LogP contribution in [-0.4, -0.2) is 37.1 Å².